The number of halogens is 1. The maximum Gasteiger partial charge on any atom is 0.319 e. The summed E-state index contributed by atoms with van der Waals surface area (Å²) >= 11 is 0. The molecule has 248 valence electrons. The Labute approximate surface area is 268 Å². The van der Waals surface area contributed by atoms with E-state index >= 15 is 4.39 Å². The summed E-state index contributed by atoms with van der Waals surface area (Å²) in [5.74, 6) is 0.534. The van der Waals surface area contributed by atoms with Crippen LogP contribution in [-0.4, -0.2) is 77.4 Å². The van der Waals surface area contributed by atoms with Crippen molar-refractivity contribution in [2.75, 3.05) is 44.6 Å². The Kier molecular flexibility index (Phi) is 8.96. The normalized spacial score (nSPS) is 33.9. The Bertz CT molecular complexity index is 1290. The predicted octanol–water partition coefficient (Wildman–Crippen LogP) is 6.02. The molecule has 2 aliphatic heterocycles. The molecule has 1 aromatic carbocycles. The van der Waals surface area contributed by atoms with E-state index in [0.717, 1.165) is 57.1 Å². The average Bonchev–Trinajstić information content (AvgIpc) is 3.22. The van der Waals surface area contributed by atoms with Crippen molar-refractivity contribution in [1.82, 2.24) is 20.0 Å². The molecular weight excluding hydrogens is 569 g/mol. The number of piperidine rings is 1. The van der Waals surface area contributed by atoms with Gasteiger partial charge in [-0.25, -0.2) is 9.18 Å². The molecule has 4 bridgehead atoms. The van der Waals surface area contributed by atoms with Crippen molar-refractivity contribution in [2.24, 2.45) is 28.6 Å². The van der Waals surface area contributed by atoms with E-state index in [1.165, 1.54) is 25.3 Å². The van der Waals surface area contributed by atoms with Crippen LogP contribution in [0.5, 0.6) is 0 Å². The van der Waals surface area contributed by atoms with Gasteiger partial charge in [0, 0.05) is 50.7 Å². The molecule has 4 aliphatic carbocycles. The van der Waals surface area contributed by atoms with Gasteiger partial charge in [-0.1, -0.05) is 33.8 Å². The van der Waals surface area contributed by atoms with Crippen LogP contribution in [0.3, 0.4) is 0 Å². The van der Waals surface area contributed by atoms with Gasteiger partial charge >= 0.3 is 6.03 Å². The lowest BCUT2D eigenvalue weighted by atomic mass is 9.43. The van der Waals surface area contributed by atoms with Gasteiger partial charge in [-0.2, -0.15) is 0 Å². The second-order valence-electron chi connectivity index (χ2n) is 16.2. The summed E-state index contributed by atoms with van der Waals surface area (Å²) in [5.41, 5.74) is 1.42. The van der Waals surface area contributed by atoms with Crippen LogP contribution in [0.2, 0.25) is 0 Å². The molecule has 9 heteroatoms. The zero-order chi connectivity index (χ0) is 32.0. The molecule has 4 unspecified atom stereocenters. The molecule has 2 heterocycles. The average molecular weight is 624 g/mol. The summed E-state index contributed by atoms with van der Waals surface area (Å²) in [6.07, 6.45) is 10.2. The molecule has 8 nitrogen and oxygen atoms in total. The van der Waals surface area contributed by atoms with E-state index in [1.807, 2.05) is 29.7 Å². The van der Waals surface area contributed by atoms with Gasteiger partial charge in [-0.05, 0) is 105 Å². The predicted molar refractivity (Wildman–Crippen MR) is 174 cm³/mol. The Morgan fingerprint density at radius 1 is 0.956 bits per heavy atom. The molecule has 6 atom stereocenters. The Hall–Kier alpha value is -2.68. The van der Waals surface area contributed by atoms with Gasteiger partial charge in [0.1, 0.15) is 5.82 Å². The first kappa shape index (κ1) is 32.3. The highest BCUT2D eigenvalue weighted by Crippen LogP contribution is 2.66. The van der Waals surface area contributed by atoms with E-state index in [4.69, 9.17) is 0 Å². The number of amides is 4. The van der Waals surface area contributed by atoms with Crippen molar-refractivity contribution in [3.8, 4) is 0 Å². The van der Waals surface area contributed by atoms with E-state index in [9.17, 15) is 14.4 Å². The fourth-order valence-electron chi connectivity index (χ4n) is 10.5. The molecule has 2 saturated heterocycles. The third-order valence-corrected chi connectivity index (χ3v) is 11.7. The fraction of sp³-hybridized carbons (Fsp3) is 0.750. The van der Waals surface area contributed by atoms with Crippen LogP contribution in [0.1, 0.15) is 97.5 Å². The number of hydrogen-bond acceptors (Lipinski definition) is 4. The fourth-order valence-corrected chi connectivity index (χ4v) is 10.5. The van der Waals surface area contributed by atoms with Crippen molar-refractivity contribution in [2.45, 2.75) is 104 Å². The van der Waals surface area contributed by atoms with Gasteiger partial charge < -0.3 is 20.4 Å². The molecule has 6 aliphatic rings. The molecular formula is C36H54FN5O3. The van der Waals surface area contributed by atoms with Crippen LogP contribution >= 0.6 is 0 Å². The first-order chi connectivity index (χ1) is 21.4. The first-order valence-corrected chi connectivity index (χ1v) is 17.5. The number of carbonyl (C=O) groups is 3. The molecule has 2 N–H and O–H groups in total. The number of rotatable bonds is 7. The number of likely N-dealkylation sites (tertiary alicyclic amines) is 1. The monoisotopic (exact) mass is 623 g/mol. The van der Waals surface area contributed by atoms with E-state index in [0.29, 0.717) is 45.2 Å². The zero-order valence-electron chi connectivity index (χ0n) is 27.9. The molecule has 0 spiro atoms. The molecule has 45 heavy (non-hydrogen) atoms. The summed E-state index contributed by atoms with van der Waals surface area (Å²) in [4.78, 5) is 45.5. The van der Waals surface area contributed by atoms with Crippen LogP contribution in [-0.2, 0) is 16.1 Å². The maximum absolute atomic E-state index is 15.3. The van der Waals surface area contributed by atoms with Gasteiger partial charge in [0.25, 0.3) is 0 Å². The van der Waals surface area contributed by atoms with Crippen LogP contribution in [0.25, 0.3) is 0 Å². The highest BCUT2D eigenvalue weighted by Gasteiger charge is 2.60. The topological polar surface area (TPSA) is 85.0 Å². The van der Waals surface area contributed by atoms with Crippen molar-refractivity contribution >= 4 is 23.5 Å². The number of hydrogen-bond donors (Lipinski definition) is 2. The Morgan fingerprint density at radius 2 is 1.67 bits per heavy atom. The minimum absolute atomic E-state index is 0.0184. The van der Waals surface area contributed by atoms with E-state index in [2.05, 4.69) is 29.4 Å². The SMILES string of the molecule is CCC(C)C(=O)N1CCCN(C(=O)C2CCCN(Cc3ccc(NC(=O)NC45CC6C[C@@](C)(C4)C[C@](C)(C6)C5)c(F)c3)C2)CC1. The number of urea groups is 1. The Balaban J connectivity index is 1.01. The highest BCUT2D eigenvalue weighted by atomic mass is 19.1. The lowest BCUT2D eigenvalue weighted by Crippen LogP contribution is -2.65. The van der Waals surface area contributed by atoms with E-state index in [-0.39, 0.29) is 51.7 Å². The quantitative estimate of drug-likeness (QED) is 0.390. The molecule has 7 rings (SSSR count). The number of anilines is 1. The Morgan fingerprint density at radius 3 is 2.36 bits per heavy atom. The van der Waals surface area contributed by atoms with Crippen LogP contribution in [0.15, 0.2) is 18.2 Å². The minimum atomic E-state index is -0.433. The first-order valence-electron chi connectivity index (χ1n) is 17.5. The van der Waals surface area contributed by atoms with Gasteiger partial charge in [0.15, 0.2) is 0 Å². The second-order valence-corrected chi connectivity index (χ2v) is 16.2. The van der Waals surface area contributed by atoms with Crippen LogP contribution in [0, 0.1) is 34.4 Å². The van der Waals surface area contributed by atoms with Crippen molar-refractivity contribution in [3.05, 3.63) is 29.6 Å². The van der Waals surface area contributed by atoms with Gasteiger partial charge in [0.2, 0.25) is 11.8 Å². The molecule has 6 fully saturated rings. The highest BCUT2D eigenvalue weighted by molar-refractivity contribution is 5.90. The molecule has 1 aromatic rings. The van der Waals surface area contributed by atoms with Crippen molar-refractivity contribution in [1.29, 1.82) is 0 Å². The number of nitrogens with zero attached hydrogens (tertiary/aromatic N) is 3. The summed E-state index contributed by atoms with van der Waals surface area (Å²) in [5, 5.41) is 6.12. The number of carbonyl (C=O) groups excluding carboxylic acids is 3. The van der Waals surface area contributed by atoms with Gasteiger partial charge in [0.05, 0.1) is 11.6 Å². The lowest BCUT2D eigenvalue weighted by Gasteiger charge is -2.65. The summed E-state index contributed by atoms with van der Waals surface area (Å²) in [7, 11) is 0. The standard InChI is InChI=1S/C36H54FN5O3/c1-5-25(2)31(43)41-12-7-13-42(15-14-41)32(44)28-8-6-11-40(21-28)20-26-9-10-30(29(37)16-26)38-33(45)39-36-19-27-17-34(3,23-36)22-35(4,18-27)24-36/h9-10,16,25,27-28H,5-8,11-15,17-24H2,1-4H3,(H2,38,39,45)/t25?,27?,28?,34-,35+,36?. The summed E-state index contributed by atoms with van der Waals surface area (Å²) in [6.45, 7) is 13.4. The smallest absolute Gasteiger partial charge is 0.319 e. The minimum Gasteiger partial charge on any atom is -0.341 e. The maximum atomic E-state index is 15.3. The van der Waals surface area contributed by atoms with Crippen LogP contribution < -0.4 is 10.6 Å². The number of benzene rings is 1. The summed E-state index contributed by atoms with van der Waals surface area (Å²) < 4.78 is 15.3. The largest absolute Gasteiger partial charge is 0.341 e. The third kappa shape index (κ3) is 7.03. The van der Waals surface area contributed by atoms with Crippen molar-refractivity contribution < 1.29 is 18.8 Å². The molecule has 0 aromatic heterocycles. The summed E-state index contributed by atoms with van der Waals surface area (Å²) in [6, 6.07) is 4.76. The van der Waals surface area contributed by atoms with Gasteiger partial charge in [-0.15, -0.1) is 0 Å². The molecule has 4 saturated carbocycles. The van der Waals surface area contributed by atoms with Crippen molar-refractivity contribution in [3.63, 3.8) is 0 Å². The van der Waals surface area contributed by atoms with Gasteiger partial charge in [-0.3, -0.25) is 14.5 Å². The second kappa shape index (κ2) is 12.5. The van der Waals surface area contributed by atoms with E-state index < -0.39 is 5.82 Å². The zero-order valence-corrected chi connectivity index (χ0v) is 27.9. The lowest BCUT2D eigenvalue weighted by molar-refractivity contribution is -0.138. The number of nitrogens with one attached hydrogen (secondary N) is 2. The van der Waals surface area contributed by atoms with E-state index in [1.54, 1.807) is 6.07 Å². The van der Waals surface area contributed by atoms with Crippen LogP contribution in [0.4, 0.5) is 14.9 Å². The molecule has 4 amide bonds. The third-order valence-electron chi connectivity index (χ3n) is 11.7. The molecule has 0 radical (unpaired) electrons.